The Bertz CT molecular complexity index is 167. The van der Waals surface area contributed by atoms with E-state index in [0.717, 1.165) is 19.3 Å². The van der Waals surface area contributed by atoms with Crippen molar-refractivity contribution in [3.63, 3.8) is 0 Å². The minimum Gasteiger partial charge on any atom is -0.394 e. The number of aliphatic hydroxyl groups is 2. The molecule has 116 valence electrons. The third kappa shape index (κ3) is 15.7. The van der Waals surface area contributed by atoms with E-state index in [9.17, 15) is 5.11 Å². The molecule has 1 atom stereocenters. The zero-order valence-corrected chi connectivity index (χ0v) is 11.9. The maximum Gasteiger partial charge on any atom is 0.178 e. The van der Waals surface area contributed by atoms with Crippen LogP contribution >= 0.6 is 0 Å². The van der Waals surface area contributed by atoms with Gasteiger partial charge in [0.2, 0.25) is 0 Å². The van der Waals surface area contributed by atoms with Crippen molar-refractivity contribution < 1.29 is 29.2 Å². The maximum absolute atomic E-state index is 9.42. The Morgan fingerprint density at radius 2 is 1.47 bits per heavy atom. The molecule has 0 spiro atoms. The smallest absolute Gasteiger partial charge is 0.178 e. The van der Waals surface area contributed by atoms with Crippen molar-refractivity contribution in [1.29, 1.82) is 0 Å². The fourth-order valence-corrected chi connectivity index (χ4v) is 1.31. The number of unbranched alkanes of at least 4 members (excludes halogenated alkanes) is 2. The van der Waals surface area contributed by atoms with Crippen molar-refractivity contribution in [3.05, 3.63) is 0 Å². The van der Waals surface area contributed by atoms with Crippen molar-refractivity contribution >= 4 is 0 Å². The van der Waals surface area contributed by atoms with Gasteiger partial charge in [0.15, 0.2) is 6.29 Å². The fourth-order valence-electron chi connectivity index (χ4n) is 1.31. The molecule has 0 aliphatic carbocycles. The van der Waals surface area contributed by atoms with E-state index < -0.39 is 6.29 Å². The Labute approximate surface area is 115 Å². The van der Waals surface area contributed by atoms with Gasteiger partial charge in [0.05, 0.1) is 46.2 Å². The average molecular weight is 280 g/mol. The Balaban J connectivity index is 3.07. The minimum absolute atomic E-state index is 0.0270. The fraction of sp³-hybridized carbons (Fsp3) is 1.00. The summed E-state index contributed by atoms with van der Waals surface area (Å²) in [5.74, 6) is 0. The SMILES string of the molecule is CCCCCOC(O)COCCOCCOCCO. The van der Waals surface area contributed by atoms with Crippen LogP contribution < -0.4 is 0 Å². The van der Waals surface area contributed by atoms with Crippen LogP contribution in [0.1, 0.15) is 26.2 Å². The molecule has 0 amide bonds. The van der Waals surface area contributed by atoms with Gasteiger partial charge in [0.25, 0.3) is 0 Å². The van der Waals surface area contributed by atoms with Crippen molar-refractivity contribution in [2.75, 3.05) is 52.9 Å². The van der Waals surface area contributed by atoms with E-state index in [4.69, 9.17) is 24.1 Å². The summed E-state index contributed by atoms with van der Waals surface area (Å²) in [4.78, 5) is 0. The summed E-state index contributed by atoms with van der Waals surface area (Å²) in [5, 5.41) is 17.9. The molecule has 0 aliphatic rings. The Morgan fingerprint density at radius 1 is 0.842 bits per heavy atom. The first kappa shape index (κ1) is 18.8. The lowest BCUT2D eigenvalue weighted by atomic mass is 10.3. The van der Waals surface area contributed by atoms with Gasteiger partial charge in [-0.3, -0.25) is 0 Å². The molecule has 0 fully saturated rings. The van der Waals surface area contributed by atoms with Crippen LogP contribution in [0, 0.1) is 0 Å². The Kier molecular flexibility index (Phi) is 15.6. The topological polar surface area (TPSA) is 77.4 Å². The maximum atomic E-state index is 9.42. The molecule has 0 saturated heterocycles. The largest absolute Gasteiger partial charge is 0.394 e. The second-order valence-corrected chi connectivity index (χ2v) is 4.06. The van der Waals surface area contributed by atoms with E-state index in [1.807, 2.05) is 0 Å². The van der Waals surface area contributed by atoms with Crippen LogP contribution in [-0.4, -0.2) is 69.4 Å². The Hall–Kier alpha value is -0.240. The van der Waals surface area contributed by atoms with E-state index in [0.29, 0.717) is 39.6 Å². The molecule has 0 aromatic rings. The van der Waals surface area contributed by atoms with Gasteiger partial charge < -0.3 is 29.2 Å². The predicted octanol–water partition coefficient (Wildman–Crippen LogP) is 0.554. The summed E-state index contributed by atoms with van der Waals surface area (Å²) in [6, 6.07) is 0. The lowest BCUT2D eigenvalue weighted by Crippen LogP contribution is -2.21. The highest BCUT2D eigenvalue weighted by Crippen LogP contribution is 1.97. The molecule has 0 bridgehead atoms. The third-order valence-electron chi connectivity index (χ3n) is 2.30. The molecule has 0 aromatic carbocycles. The highest BCUT2D eigenvalue weighted by atomic mass is 16.6. The predicted molar refractivity (Wildman–Crippen MR) is 71.0 cm³/mol. The third-order valence-corrected chi connectivity index (χ3v) is 2.30. The van der Waals surface area contributed by atoms with Gasteiger partial charge in [-0.1, -0.05) is 19.8 Å². The molecular weight excluding hydrogens is 252 g/mol. The molecule has 0 radical (unpaired) electrons. The van der Waals surface area contributed by atoms with Gasteiger partial charge >= 0.3 is 0 Å². The number of hydrogen-bond donors (Lipinski definition) is 2. The standard InChI is InChI=1S/C13H28O6/c1-2-3-4-6-19-13(15)12-18-11-10-17-9-8-16-7-5-14/h13-15H,2-12H2,1H3. The zero-order chi connectivity index (χ0) is 14.2. The van der Waals surface area contributed by atoms with Crippen molar-refractivity contribution in [1.82, 2.24) is 0 Å². The second kappa shape index (κ2) is 15.8. The summed E-state index contributed by atoms with van der Waals surface area (Å²) in [7, 11) is 0. The van der Waals surface area contributed by atoms with Gasteiger partial charge in [-0.15, -0.1) is 0 Å². The number of rotatable bonds is 15. The van der Waals surface area contributed by atoms with Crippen LogP contribution in [0.25, 0.3) is 0 Å². The van der Waals surface area contributed by atoms with Crippen LogP contribution in [-0.2, 0) is 18.9 Å². The first-order valence-corrected chi connectivity index (χ1v) is 6.95. The van der Waals surface area contributed by atoms with E-state index in [-0.39, 0.29) is 13.2 Å². The van der Waals surface area contributed by atoms with Crippen molar-refractivity contribution in [2.45, 2.75) is 32.5 Å². The van der Waals surface area contributed by atoms with Crippen LogP contribution in [0.5, 0.6) is 0 Å². The first-order valence-electron chi connectivity index (χ1n) is 6.95. The number of aliphatic hydroxyl groups excluding tert-OH is 2. The van der Waals surface area contributed by atoms with Gasteiger partial charge in [-0.25, -0.2) is 0 Å². The first-order chi connectivity index (χ1) is 9.31. The number of ether oxygens (including phenoxy) is 4. The van der Waals surface area contributed by atoms with Gasteiger partial charge in [-0.2, -0.15) is 0 Å². The van der Waals surface area contributed by atoms with Gasteiger partial charge in [0.1, 0.15) is 0 Å². The van der Waals surface area contributed by atoms with Crippen LogP contribution in [0.2, 0.25) is 0 Å². The summed E-state index contributed by atoms with van der Waals surface area (Å²) >= 11 is 0. The van der Waals surface area contributed by atoms with Crippen LogP contribution in [0.4, 0.5) is 0 Å². The minimum atomic E-state index is -0.857. The normalized spacial score (nSPS) is 12.8. The lowest BCUT2D eigenvalue weighted by Gasteiger charge is -2.12. The lowest BCUT2D eigenvalue weighted by molar-refractivity contribution is -0.141. The molecule has 19 heavy (non-hydrogen) atoms. The molecule has 0 heterocycles. The van der Waals surface area contributed by atoms with E-state index in [1.54, 1.807) is 0 Å². The van der Waals surface area contributed by atoms with E-state index in [1.165, 1.54) is 0 Å². The number of hydrogen-bond acceptors (Lipinski definition) is 6. The molecule has 6 nitrogen and oxygen atoms in total. The quantitative estimate of drug-likeness (QED) is 0.337. The summed E-state index contributed by atoms with van der Waals surface area (Å²) < 4.78 is 20.6. The van der Waals surface area contributed by atoms with Gasteiger partial charge in [-0.05, 0) is 6.42 Å². The second-order valence-electron chi connectivity index (χ2n) is 4.06. The van der Waals surface area contributed by atoms with Crippen molar-refractivity contribution in [3.8, 4) is 0 Å². The summed E-state index contributed by atoms with van der Waals surface area (Å²) in [6.07, 6.45) is 2.35. The molecule has 6 heteroatoms. The zero-order valence-electron chi connectivity index (χ0n) is 11.9. The summed E-state index contributed by atoms with van der Waals surface area (Å²) in [5.41, 5.74) is 0. The van der Waals surface area contributed by atoms with Crippen molar-refractivity contribution in [2.24, 2.45) is 0 Å². The molecule has 0 saturated carbocycles. The van der Waals surface area contributed by atoms with E-state index in [2.05, 4.69) is 6.92 Å². The Morgan fingerprint density at radius 3 is 2.11 bits per heavy atom. The van der Waals surface area contributed by atoms with E-state index >= 15 is 0 Å². The molecule has 1 unspecified atom stereocenters. The van der Waals surface area contributed by atoms with Crippen LogP contribution in [0.15, 0.2) is 0 Å². The van der Waals surface area contributed by atoms with Gasteiger partial charge in [0, 0.05) is 6.61 Å². The molecule has 0 rings (SSSR count). The highest BCUT2D eigenvalue weighted by molar-refractivity contribution is 4.41. The monoisotopic (exact) mass is 280 g/mol. The molecule has 0 aromatic heterocycles. The summed E-state index contributed by atoms with van der Waals surface area (Å²) in [6.45, 7) is 5.01. The molecule has 0 aliphatic heterocycles. The molecule has 2 N–H and O–H groups in total. The average Bonchev–Trinajstić information content (AvgIpc) is 2.42. The molecular formula is C13H28O6. The highest BCUT2D eigenvalue weighted by Gasteiger charge is 2.03. The van der Waals surface area contributed by atoms with Crippen LogP contribution in [0.3, 0.4) is 0 Å².